The third-order valence-corrected chi connectivity index (χ3v) is 7.24. The predicted molar refractivity (Wildman–Crippen MR) is 120 cm³/mol. The third-order valence-electron chi connectivity index (χ3n) is 5.15. The van der Waals surface area contributed by atoms with Crippen molar-refractivity contribution >= 4 is 44.4 Å². The van der Waals surface area contributed by atoms with E-state index in [-0.39, 0.29) is 11.7 Å². The van der Waals surface area contributed by atoms with Gasteiger partial charge in [-0.2, -0.15) is 0 Å². The molecule has 3 aromatic rings. The molecule has 0 atom stereocenters. The van der Waals surface area contributed by atoms with E-state index in [2.05, 4.69) is 30.0 Å². The number of thioether (sulfide) groups is 1. The molecule has 152 valence electrons. The second-order valence-corrected chi connectivity index (χ2v) is 9.25. The Kier molecular flexibility index (Phi) is 6.35. The number of anilines is 1. The van der Waals surface area contributed by atoms with Crippen molar-refractivity contribution in [3.05, 3.63) is 53.8 Å². The van der Waals surface area contributed by atoms with Crippen LogP contribution < -0.4 is 4.90 Å². The first-order valence-electron chi connectivity index (χ1n) is 9.93. The summed E-state index contributed by atoms with van der Waals surface area (Å²) in [7, 11) is 0. The lowest BCUT2D eigenvalue weighted by atomic mass is 10.2. The number of thiazole rings is 1. The molecule has 7 heteroatoms. The maximum absolute atomic E-state index is 13.0. The third kappa shape index (κ3) is 4.90. The quantitative estimate of drug-likeness (QED) is 0.526. The number of halogens is 1. The number of rotatable bonds is 6. The molecule has 0 saturated carbocycles. The molecule has 0 aliphatic carbocycles. The fraction of sp³-hybridized carbons (Fsp3) is 0.364. The second kappa shape index (κ2) is 9.13. The Bertz CT molecular complexity index is 981. The van der Waals surface area contributed by atoms with E-state index in [1.807, 2.05) is 4.90 Å². The number of piperazine rings is 1. The van der Waals surface area contributed by atoms with Crippen LogP contribution in [0.4, 0.5) is 9.52 Å². The van der Waals surface area contributed by atoms with Gasteiger partial charge in [0.1, 0.15) is 5.82 Å². The lowest BCUT2D eigenvalue weighted by Gasteiger charge is -2.34. The minimum Gasteiger partial charge on any atom is -0.345 e. The van der Waals surface area contributed by atoms with Gasteiger partial charge >= 0.3 is 0 Å². The van der Waals surface area contributed by atoms with E-state index in [4.69, 9.17) is 4.98 Å². The number of aryl methyl sites for hydroxylation is 1. The highest BCUT2D eigenvalue weighted by Gasteiger charge is 2.23. The molecule has 1 aliphatic heterocycles. The smallest absolute Gasteiger partial charge is 0.223 e. The number of nitrogens with zero attached hydrogens (tertiary/aromatic N) is 3. The average Bonchev–Trinajstić information content (AvgIpc) is 3.18. The molecule has 0 radical (unpaired) electrons. The monoisotopic (exact) mass is 429 g/mol. The fourth-order valence-corrected chi connectivity index (χ4v) is 5.33. The molecule has 4 nitrogen and oxygen atoms in total. The first-order chi connectivity index (χ1) is 14.1. The van der Waals surface area contributed by atoms with E-state index in [9.17, 15) is 9.18 Å². The summed E-state index contributed by atoms with van der Waals surface area (Å²) in [6.07, 6.45) is 1.53. The van der Waals surface area contributed by atoms with Gasteiger partial charge in [0.15, 0.2) is 5.13 Å². The number of benzene rings is 2. The highest BCUT2D eigenvalue weighted by atomic mass is 32.2. The van der Waals surface area contributed by atoms with Gasteiger partial charge in [-0.05, 0) is 48.4 Å². The molecule has 0 unspecified atom stereocenters. The maximum atomic E-state index is 13.0. The summed E-state index contributed by atoms with van der Waals surface area (Å²) in [5.74, 6) is 0.667. The summed E-state index contributed by atoms with van der Waals surface area (Å²) in [6, 6.07) is 12.9. The molecule has 29 heavy (non-hydrogen) atoms. The van der Waals surface area contributed by atoms with Gasteiger partial charge < -0.3 is 9.80 Å². The lowest BCUT2D eigenvalue weighted by molar-refractivity contribution is -0.131. The van der Waals surface area contributed by atoms with Gasteiger partial charge in [0.25, 0.3) is 0 Å². The second-order valence-electron chi connectivity index (χ2n) is 7.07. The van der Waals surface area contributed by atoms with Crippen LogP contribution in [0.3, 0.4) is 0 Å². The number of hydrogen-bond donors (Lipinski definition) is 0. The zero-order chi connectivity index (χ0) is 20.2. The fourth-order valence-electron chi connectivity index (χ4n) is 3.40. The van der Waals surface area contributed by atoms with Crippen molar-refractivity contribution in [3.63, 3.8) is 0 Å². The lowest BCUT2D eigenvalue weighted by Crippen LogP contribution is -2.48. The van der Waals surface area contributed by atoms with Crippen molar-refractivity contribution in [3.8, 4) is 0 Å². The highest BCUT2D eigenvalue weighted by molar-refractivity contribution is 7.99. The zero-order valence-electron chi connectivity index (χ0n) is 16.4. The Morgan fingerprint density at radius 2 is 1.90 bits per heavy atom. The van der Waals surface area contributed by atoms with Gasteiger partial charge in [-0.3, -0.25) is 4.79 Å². The molecule has 2 heterocycles. The van der Waals surface area contributed by atoms with E-state index in [0.29, 0.717) is 12.2 Å². The molecule has 1 saturated heterocycles. The molecule has 1 aromatic heterocycles. The van der Waals surface area contributed by atoms with Crippen molar-refractivity contribution in [2.75, 3.05) is 36.8 Å². The van der Waals surface area contributed by atoms with Gasteiger partial charge in [-0.1, -0.05) is 24.3 Å². The SMILES string of the molecule is CCc1ccc2nc(N3CCN(C(=O)CCSc4ccc(F)cc4)CC3)sc2c1. The van der Waals surface area contributed by atoms with Crippen LogP contribution in [-0.2, 0) is 11.2 Å². The molecule has 4 rings (SSSR count). The van der Waals surface area contributed by atoms with E-state index < -0.39 is 0 Å². The Morgan fingerprint density at radius 3 is 2.62 bits per heavy atom. The summed E-state index contributed by atoms with van der Waals surface area (Å²) >= 11 is 3.33. The van der Waals surface area contributed by atoms with Gasteiger partial charge in [-0.25, -0.2) is 9.37 Å². The number of fused-ring (bicyclic) bond motifs is 1. The first-order valence-corrected chi connectivity index (χ1v) is 11.7. The number of carbonyl (C=O) groups is 1. The minimum atomic E-state index is -0.234. The van der Waals surface area contributed by atoms with Crippen LogP contribution >= 0.6 is 23.1 Å². The molecule has 1 fully saturated rings. The number of aromatic nitrogens is 1. The summed E-state index contributed by atoms with van der Waals surface area (Å²) in [6.45, 7) is 5.26. The molecule has 0 bridgehead atoms. The predicted octanol–water partition coefficient (Wildman–Crippen LogP) is 4.83. The maximum Gasteiger partial charge on any atom is 0.223 e. The van der Waals surface area contributed by atoms with Crippen molar-refractivity contribution in [1.29, 1.82) is 0 Å². The zero-order valence-corrected chi connectivity index (χ0v) is 18.1. The standard InChI is InChI=1S/C22H24FN3OS2/c1-2-16-3-8-19-20(15-16)29-22(24-19)26-12-10-25(11-13-26)21(27)9-14-28-18-6-4-17(23)5-7-18/h3-8,15H,2,9-14H2,1H3. The van der Waals surface area contributed by atoms with Gasteiger partial charge in [-0.15, -0.1) is 11.8 Å². The minimum absolute atomic E-state index is 0.191. The largest absolute Gasteiger partial charge is 0.345 e. The molecule has 2 aromatic carbocycles. The number of hydrogen-bond acceptors (Lipinski definition) is 5. The highest BCUT2D eigenvalue weighted by Crippen LogP contribution is 2.30. The Labute approximate surface area is 178 Å². The van der Waals surface area contributed by atoms with E-state index in [0.717, 1.165) is 48.1 Å². The van der Waals surface area contributed by atoms with Crippen molar-refractivity contribution < 1.29 is 9.18 Å². The Balaban J connectivity index is 1.27. The van der Waals surface area contributed by atoms with Crippen molar-refractivity contribution in [2.24, 2.45) is 0 Å². The van der Waals surface area contributed by atoms with Gasteiger partial charge in [0, 0.05) is 43.2 Å². The van der Waals surface area contributed by atoms with E-state index >= 15 is 0 Å². The van der Waals surface area contributed by atoms with Crippen LogP contribution in [0, 0.1) is 5.82 Å². The van der Waals surface area contributed by atoms with E-state index in [1.54, 1.807) is 35.2 Å². The summed E-state index contributed by atoms with van der Waals surface area (Å²) in [4.78, 5) is 22.5. The summed E-state index contributed by atoms with van der Waals surface area (Å²) in [5.41, 5.74) is 2.39. The van der Waals surface area contributed by atoms with Crippen molar-refractivity contribution in [1.82, 2.24) is 9.88 Å². The summed E-state index contributed by atoms with van der Waals surface area (Å²) < 4.78 is 14.2. The average molecular weight is 430 g/mol. The Hall–Kier alpha value is -2.12. The normalized spacial score (nSPS) is 14.6. The van der Waals surface area contributed by atoms with Crippen molar-refractivity contribution in [2.45, 2.75) is 24.7 Å². The summed E-state index contributed by atoms with van der Waals surface area (Å²) in [5, 5.41) is 1.05. The number of amides is 1. The van der Waals surface area contributed by atoms with Crippen LogP contribution in [0.25, 0.3) is 10.2 Å². The van der Waals surface area contributed by atoms with Crippen LogP contribution in [0.2, 0.25) is 0 Å². The molecule has 0 N–H and O–H groups in total. The Morgan fingerprint density at radius 1 is 1.14 bits per heavy atom. The molecular weight excluding hydrogens is 405 g/mol. The van der Waals surface area contributed by atoms with Gasteiger partial charge in [0.05, 0.1) is 10.2 Å². The van der Waals surface area contributed by atoms with E-state index in [1.165, 1.54) is 22.4 Å². The molecule has 0 spiro atoms. The molecule has 1 aliphatic rings. The molecule has 1 amide bonds. The van der Waals surface area contributed by atoms with Crippen LogP contribution in [0.1, 0.15) is 18.9 Å². The topological polar surface area (TPSA) is 36.4 Å². The van der Waals surface area contributed by atoms with Crippen LogP contribution in [0.15, 0.2) is 47.4 Å². The first kappa shape index (κ1) is 20.2. The number of carbonyl (C=O) groups excluding carboxylic acids is 1. The molecular formula is C22H24FN3OS2. The van der Waals surface area contributed by atoms with Crippen LogP contribution in [0.5, 0.6) is 0 Å². The van der Waals surface area contributed by atoms with Crippen LogP contribution in [-0.4, -0.2) is 47.7 Å². The van der Waals surface area contributed by atoms with Gasteiger partial charge in [0.2, 0.25) is 5.91 Å².